The number of aromatic amines is 1. The third kappa shape index (κ3) is 3.54. The van der Waals surface area contributed by atoms with Crippen LogP contribution in [0.1, 0.15) is 28.9 Å². The van der Waals surface area contributed by atoms with Crippen LogP contribution in [-0.4, -0.2) is 40.0 Å². The summed E-state index contributed by atoms with van der Waals surface area (Å²) in [5.41, 5.74) is 9.99. The van der Waals surface area contributed by atoms with E-state index >= 15 is 0 Å². The summed E-state index contributed by atoms with van der Waals surface area (Å²) in [6.45, 7) is 3.59. The highest BCUT2D eigenvalue weighted by molar-refractivity contribution is 9.10. The predicted molar refractivity (Wildman–Crippen MR) is 110 cm³/mol. The molecule has 8 heteroatoms. The average molecular weight is 429 g/mol. The molecule has 0 aliphatic carbocycles. The van der Waals surface area contributed by atoms with Gasteiger partial charge in [0.2, 0.25) is 0 Å². The first-order chi connectivity index (χ1) is 13.0. The smallest absolute Gasteiger partial charge is 0.257 e. The number of aryl methyl sites for hydroxylation is 1. The number of carbonyl (C=O) groups excluding carboxylic acids is 1. The summed E-state index contributed by atoms with van der Waals surface area (Å²) in [6.07, 6.45) is 7.21. The Morgan fingerprint density at radius 3 is 2.96 bits per heavy atom. The third-order valence-corrected chi connectivity index (χ3v) is 5.41. The van der Waals surface area contributed by atoms with E-state index in [0.29, 0.717) is 11.3 Å². The molecule has 140 valence electrons. The highest BCUT2D eigenvalue weighted by atomic mass is 79.9. The number of carbonyl (C=O) groups is 1. The summed E-state index contributed by atoms with van der Waals surface area (Å²) in [7, 11) is 0. The normalized spacial score (nSPS) is 17.3. The second-order valence-electron chi connectivity index (χ2n) is 6.87. The van der Waals surface area contributed by atoms with Crippen molar-refractivity contribution in [3.63, 3.8) is 0 Å². The maximum atomic E-state index is 12.7. The van der Waals surface area contributed by atoms with Crippen molar-refractivity contribution in [1.29, 1.82) is 0 Å². The summed E-state index contributed by atoms with van der Waals surface area (Å²) in [5, 5.41) is 3.87. The second-order valence-corrected chi connectivity index (χ2v) is 7.73. The van der Waals surface area contributed by atoms with E-state index in [1.165, 1.54) is 0 Å². The van der Waals surface area contributed by atoms with Crippen molar-refractivity contribution < 1.29 is 4.79 Å². The number of nitrogens with two attached hydrogens (primary N) is 1. The predicted octanol–water partition coefficient (Wildman–Crippen LogP) is 3.21. The number of anilines is 2. The van der Waals surface area contributed by atoms with Gasteiger partial charge in [-0.05, 0) is 47.8 Å². The minimum atomic E-state index is -0.204. The average Bonchev–Trinajstić information content (AvgIpc) is 3.05. The molecular weight excluding hydrogens is 408 g/mol. The van der Waals surface area contributed by atoms with E-state index in [9.17, 15) is 4.79 Å². The summed E-state index contributed by atoms with van der Waals surface area (Å²) < 4.78 is 0.885. The van der Waals surface area contributed by atoms with Crippen molar-refractivity contribution in [2.24, 2.45) is 5.73 Å². The van der Waals surface area contributed by atoms with Gasteiger partial charge >= 0.3 is 0 Å². The van der Waals surface area contributed by atoms with Crippen LogP contribution in [0.25, 0.3) is 11.0 Å². The Kier molecular flexibility index (Phi) is 4.84. The molecule has 7 nitrogen and oxygen atoms in total. The molecule has 4 heterocycles. The molecule has 1 atom stereocenters. The summed E-state index contributed by atoms with van der Waals surface area (Å²) in [5.74, 6) is -0.204. The molecular formula is C19H21BrN6O. The Morgan fingerprint density at radius 2 is 2.22 bits per heavy atom. The lowest BCUT2D eigenvalue weighted by molar-refractivity contribution is 0.102. The van der Waals surface area contributed by atoms with E-state index in [2.05, 4.69) is 41.1 Å². The third-order valence-electron chi connectivity index (χ3n) is 4.83. The van der Waals surface area contributed by atoms with Crippen molar-refractivity contribution in [2.45, 2.75) is 25.8 Å². The molecule has 1 fully saturated rings. The molecule has 0 bridgehead atoms. The molecule has 0 unspecified atom stereocenters. The quantitative estimate of drug-likeness (QED) is 0.594. The van der Waals surface area contributed by atoms with Gasteiger partial charge in [0.15, 0.2) is 0 Å². The summed E-state index contributed by atoms with van der Waals surface area (Å²) in [6, 6.07) is 3.73. The number of fused-ring (bicyclic) bond motifs is 1. The Labute approximate surface area is 165 Å². The molecule has 4 rings (SSSR count). The SMILES string of the molecule is Cc1ccc(C(=O)Nc2c[nH]c3ncc(Br)c(N4CCC[C@@H](N)C4)c23)cn1. The van der Waals surface area contributed by atoms with E-state index in [4.69, 9.17) is 5.73 Å². The maximum absolute atomic E-state index is 12.7. The molecule has 3 aromatic rings. The van der Waals surface area contributed by atoms with Crippen LogP contribution in [0.2, 0.25) is 0 Å². The Hall–Kier alpha value is -2.45. The van der Waals surface area contributed by atoms with Crippen molar-refractivity contribution in [3.05, 3.63) is 46.5 Å². The van der Waals surface area contributed by atoms with Crippen LogP contribution in [0.15, 0.2) is 35.2 Å². The van der Waals surface area contributed by atoms with Gasteiger partial charge in [0, 0.05) is 43.4 Å². The summed E-state index contributed by atoms with van der Waals surface area (Å²) in [4.78, 5) is 26.7. The van der Waals surface area contributed by atoms with Crippen molar-refractivity contribution in [1.82, 2.24) is 15.0 Å². The molecule has 1 saturated heterocycles. The van der Waals surface area contributed by atoms with Crippen molar-refractivity contribution in [3.8, 4) is 0 Å². The van der Waals surface area contributed by atoms with Gasteiger partial charge < -0.3 is 20.9 Å². The number of piperidine rings is 1. The highest BCUT2D eigenvalue weighted by Gasteiger charge is 2.24. The van der Waals surface area contributed by atoms with Crippen LogP contribution in [0.4, 0.5) is 11.4 Å². The number of nitrogens with one attached hydrogen (secondary N) is 2. The lowest BCUT2D eigenvalue weighted by atomic mass is 10.1. The molecule has 0 radical (unpaired) electrons. The maximum Gasteiger partial charge on any atom is 0.257 e. The van der Waals surface area contributed by atoms with Gasteiger partial charge in [0.25, 0.3) is 5.91 Å². The van der Waals surface area contributed by atoms with Crippen LogP contribution < -0.4 is 16.0 Å². The zero-order valence-electron chi connectivity index (χ0n) is 15.0. The number of amides is 1. The van der Waals surface area contributed by atoms with Gasteiger partial charge in [-0.2, -0.15) is 0 Å². The van der Waals surface area contributed by atoms with E-state index in [-0.39, 0.29) is 11.9 Å². The first-order valence-electron chi connectivity index (χ1n) is 8.93. The van der Waals surface area contributed by atoms with Crippen LogP contribution in [0, 0.1) is 6.92 Å². The van der Waals surface area contributed by atoms with Gasteiger partial charge in [-0.1, -0.05) is 0 Å². The fourth-order valence-electron chi connectivity index (χ4n) is 3.47. The van der Waals surface area contributed by atoms with Gasteiger partial charge in [0.05, 0.1) is 26.8 Å². The Morgan fingerprint density at radius 1 is 1.37 bits per heavy atom. The monoisotopic (exact) mass is 428 g/mol. The Bertz CT molecular complexity index is 984. The van der Waals surface area contributed by atoms with E-state index < -0.39 is 0 Å². The van der Waals surface area contributed by atoms with Crippen LogP contribution >= 0.6 is 15.9 Å². The zero-order chi connectivity index (χ0) is 19.0. The van der Waals surface area contributed by atoms with E-state index in [0.717, 1.165) is 52.8 Å². The number of H-pyrrole nitrogens is 1. The Balaban J connectivity index is 1.72. The van der Waals surface area contributed by atoms with Crippen molar-refractivity contribution >= 4 is 44.2 Å². The van der Waals surface area contributed by atoms with Gasteiger partial charge in [0.1, 0.15) is 5.65 Å². The molecule has 0 saturated carbocycles. The highest BCUT2D eigenvalue weighted by Crippen LogP contribution is 2.38. The lowest BCUT2D eigenvalue weighted by Crippen LogP contribution is -2.43. The van der Waals surface area contributed by atoms with Crippen LogP contribution in [0.5, 0.6) is 0 Å². The number of aromatic nitrogens is 3. The van der Waals surface area contributed by atoms with E-state index in [1.807, 2.05) is 13.0 Å². The summed E-state index contributed by atoms with van der Waals surface area (Å²) >= 11 is 3.63. The van der Waals surface area contributed by atoms with Gasteiger partial charge in [-0.15, -0.1) is 0 Å². The zero-order valence-corrected chi connectivity index (χ0v) is 16.6. The largest absolute Gasteiger partial charge is 0.368 e. The molecule has 4 N–H and O–H groups in total. The number of halogens is 1. The number of hydrogen-bond donors (Lipinski definition) is 3. The number of pyridine rings is 2. The van der Waals surface area contributed by atoms with Crippen LogP contribution in [0.3, 0.4) is 0 Å². The first-order valence-corrected chi connectivity index (χ1v) is 9.72. The van der Waals surface area contributed by atoms with Crippen LogP contribution in [-0.2, 0) is 0 Å². The standard InChI is InChI=1S/C19H21BrN6O/c1-11-4-5-12(7-22-11)19(27)25-15-9-24-18-16(15)17(14(20)8-23-18)26-6-2-3-13(21)10-26/h4-5,7-9,13H,2-3,6,10,21H2,1H3,(H,23,24)(H,25,27)/t13-/m1/s1. The number of nitrogens with zero attached hydrogens (tertiary/aromatic N) is 3. The van der Waals surface area contributed by atoms with E-state index in [1.54, 1.807) is 24.7 Å². The topological polar surface area (TPSA) is 99.9 Å². The minimum absolute atomic E-state index is 0.143. The number of hydrogen-bond acceptors (Lipinski definition) is 5. The molecule has 3 aromatic heterocycles. The molecule has 0 spiro atoms. The lowest BCUT2D eigenvalue weighted by Gasteiger charge is -2.33. The molecule has 0 aromatic carbocycles. The molecule has 27 heavy (non-hydrogen) atoms. The fraction of sp³-hybridized carbons (Fsp3) is 0.316. The molecule has 1 aliphatic heterocycles. The van der Waals surface area contributed by atoms with Crippen molar-refractivity contribution in [2.75, 3.05) is 23.3 Å². The number of rotatable bonds is 3. The minimum Gasteiger partial charge on any atom is -0.368 e. The molecule has 1 amide bonds. The first kappa shape index (κ1) is 17.9. The van der Waals surface area contributed by atoms with Gasteiger partial charge in [-0.25, -0.2) is 4.98 Å². The molecule has 1 aliphatic rings. The van der Waals surface area contributed by atoms with Gasteiger partial charge in [-0.3, -0.25) is 9.78 Å². The fourth-order valence-corrected chi connectivity index (χ4v) is 4.02. The second kappa shape index (κ2) is 7.28.